The van der Waals surface area contributed by atoms with Gasteiger partial charge in [-0.25, -0.2) is 4.39 Å². The molecule has 0 saturated heterocycles. The highest BCUT2D eigenvalue weighted by atomic mass is 79.9. The van der Waals surface area contributed by atoms with Crippen molar-refractivity contribution in [3.63, 3.8) is 0 Å². The van der Waals surface area contributed by atoms with E-state index in [0.29, 0.717) is 10.2 Å². The van der Waals surface area contributed by atoms with Crippen molar-refractivity contribution < 1.29 is 13.9 Å². The van der Waals surface area contributed by atoms with Crippen LogP contribution < -0.4 is 9.64 Å². The van der Waals surface area contributed by atoms with Crippen molar-refractivity contribution in [1.82, 2.24) is 0 Å². The maximum Gasteiger partial charge on any atom is 0.265 e. The molecule has 0 heterocycles. The zero-order valence-electron chi connectivity index (χ0n) is 12.4. The molecular formula is C17H17BrFNO2. The molecule has 0 atom stereocenters. The fourth-order valence-electron chi connectivity index (χ4n) is 2.12. The van der Waals surface area contributed by atoms with Crippen LogP contribution in [0.2, 0.25) is 0 Å². The number of anilines is 1. The first-order valence-electron chi connectivity index (χ1n) is 6.94. The van der Waals surface area contributed by atoms with Gasteiger partial charge in [0.2, 0.25) is 0 Å². The number of ether oxygens (including phenoxy) is 1. The number of para-hydroxylation sites is 1. The molecule has 3 nitrogen and oxygen atoms in total. The van der Waals surface area contributed by atoms with E-state index >= 15 is 0 Å². The van der Waals surface area contributed by atoms with Crippen molar-refractivity contribution in [2.75, 3.05) is 11.5 Å². The molecule has 22 heavy (non-hydrogen) atoms. The highest BCUT2D eigenvalue weighted by Crippen LogP contribution is 2.26. The Labute approximate surface area is 137 Å². The Morgan fingerprint density at radius 1 is 1.23 bits per heavy atom. The molecule has 0 aliphatic rings. The molecule has 0 aromatic heterocycles. The standard InChI is InChI=1S/C17H17BrFNO2/c1-12(2)20(14-6-4-3-5-7-14)17(21)11-22-16-9-8-13(19)10-15(16)18/h3-10,12H,11H2,1-2H3. The Hall–Kier alpha value is -1.88. The fourth-order valence-corrected chi connectivity index (χ4v) is 2.59. The largest absolute Gasteiger partial charge is 0.483 e. The van der Waals surface area contributed by atoms with Crippen molar-refractivity contribution in [3.8, 4) is 5.75 Å². The molecule has 2 rings (SSSR count). The predicted molar refractivity (Wildman–Crippen MR) is 88.7 cm³/mol. The third-order valence-electron chi connectivity index (χ3n) is 3.06. The topological polar surface area (TPSA) is 29.5 Å². The van der Waals surface area contributed by atoms with Crippen LogP contribution in [-0.2, 0) is 4.79 Å². The second-order valence-electron chi connectivity index (χ2n) is 5.06. The van der Waals surface area contributed by atoms with Gasteiger partial charge < -0.3 is 9.64 Å². The number of amides is 1. The van der Waals surface area contributed by atoms with E-state index in [0.717, 1.165) is 5.69 Å². The third-order valence-corrected chi connectivity index (χ3v) is 3.68. The molecule has 0 N–H and O–H groups in total. The molecule has 0 spiro atoms. The van der Waals surface area contributed by atoms with E-state index in [1.165, 1.54) is 18.2 Å². The molecule has 0 unspecified atom stereocenters. The Morgan fingerprint density at radius 2 is 1.91 bits per heavy atom. The van der Waals surface area contributed by atoms with Crippen molar-refractivity contribution in [2.45, 2.75) is 19.9 Å². The number of benzene rings is 2. The summed E-state index contributed by atoms with van der Waals surface area (Å²) in [6.45, 7) is 3.77. The lowest BCUT2D eigenvalue weighted by atomic mass is 10.2. The van der Waals surface area contributed by atoms with Crippen LogP contribution >= 0.6 is 15.9 Å². The van der Waals surface area contributed by atoms with Gasteiger partial charge in [-0.1, -0.05) is 18.2 Å². The van der Waals surface area contributed by atoms with Gasteiger partial charge in [-0.05, 0) is 60.1 Å². The minimum atomic E-state index is -0.362. The predicted octanol–water partition coefficient (Wildman–Crippen LogP) is 4.41. The van der Waals surface area contributed by atoms with Crippen LogP contribution in [0.5, 0.6) is 5.75 Å². The first kappa shape index (κ1) is 16.5. The van der Waals surface area contributed by atoms with Crippen LogP contribution in [0.3, 0.4) is 0 Å². The molecule has 0 aliphatic carbocycles. The van der Waals surface area contributed by atoms with Crippen LogP contribution in [0.15, 0.2) is 53.0 Å². The van der Waals surface area contributed by atoms with Crippen LogP contribution in [0.25, 0.3) is 0 Å². The van der Waals surface area contributed by atoms with Crippen molar-refractivity contribution >= 4 is 27.5 Å². The van der Waals surface area contributed by atoms with Crippen molar-refractivity contribution in [1.29, 1.82) is 0 Å². The molecular weight excluding hydrogens is 349 g/mol. The van der Waals surface area contributed by atoms with Gasteiger partial charge >= 0.3 is 0 Å². The average Bonchev–Trinajstić information content (AvgIpc) is 2.47. The van der Waals surface area contributed by atoms with Crippen LogP contribution in [0.1, 0.15) is 13.8 Å². The van der Waals surface area contributed by atoms with E-state index in [1.54, 1.807) is 4.90 Å². The highest BCUT2D eigenvalue weighted by molar-refractivity contribution is 9.10. The van der Waals surface area contributed by atoms with Crippen LogP contribution in [0, 0.1) is 5.82 Å². The van der Waals surface area contributed by atoms with Crippen molar-refractivity contribution in [2.24, 2.45) is 0 Å². The van der Waals surface area contributed by atoms with Crippen molar-refractivity contribution in [3.05, 3.63) is 58.8 Å². The summed E-state index contributed by atoms with van der Waals surface area (Å²) in [4.78, 5) is 14.1. The van der Waals surface area contributed by atoms with Gasteiger partial charge in [-0.3, -0.25) is 4.79 Å². The molecule has 2 aromatic rings. The summed E-state index contributed by atoms with van der Waals surface area (Å²) in [5.74, 6) is -0.0809. The normalized spacial score (nSPS) is 10.6. The lowest BCUT2D eigenvalue weighted by Gasteiger charge is -2.27. The number of rotatable bonds is 5. The average molecular weight is 366 g/mol. The minimum Gasteiger partial charge on any atom is -0.483 e. The Balaban J connectivity index is 2.09. The van der Waals surface area contributed by atoms with E-state index in [-0.39, 0.29) is 24.4 Å². The second-order valence-corrected chi connectivity index (χ2v) is 5.91. The van der Waals surface area contributed by atoms with E-state index in [2.05, 4.69) is 15.9 Å². The molecule has 0 saturated carbocycles. The van der Waals surface area contributed by atoms with Gasteiger partial charge in [0.05, 0.1) is 4.47 Å². The molecule has 1 amide bonds. The maximum atomic E-state index is 13.0. The summed E-state index contributed by atoms with van der Waals surface area (Å²) in [6.07, 6.45) is 0. The lowest BCUT2D eigenvalue weighted by Crippen LogP contribution is -2.40. The molecule has 0 fully saturated rings. The SMILES string of the molecule is CC(C)N(C(=O)COc1ccc(F)cc1Br)c1ccccc1. The Kier molecular flexibility index (Phi) is 5.55. The summed E-state index contributed by atoms with van der Waals surface area (Å²) in [5, 5.41) is 0. The van der Waals surface area contributed by atoms with E-state index < -0.39 is 0 Å². The summed E-state index contributed by atoms with van der Waals surface area (Å²) in [6, 6.07) is 13.5. The first-order valence-corrected chi connectivity index (χ1v) is 7.73. The minimum absolute atomic E-state index is 0.00941. The van der Waals surface area contributed by atoms with E-state index in [4.69, 9.17) is 4.74 Å². The molecule has 0 radical (unpaired) electrons. The lowest BCUT2D eigenvalue weighted by molar-refractivity contribution is -0.120. The molecule has 0 bridgehead atoms. The Morgan fingerprint density at radius 3 is 2.50 bits per heavy atom. The zero-order valence-corrected chi connectivity index (χ0v) is 14.0. The van der Waals surface area contributed by atoms with Crippen LogP contribution in [0.4, 0.5) is 10.1 Å². The molecule has 0 aliphatic heterocycles. The quantitative estimate of drug-likeness (QED) is 0.785. The summed E-state index contributed by atoms with van der Waals surface area (Å²) in [5.41, 5.74) is 0.823. The maximum absolute atomic E-state index is 13.0. The molecule has 5 heteroatoms. The van der Waals surface area contributed by atoms with E-state index in [1.807, 2.05) is 44.2 Å². The van der Waals surface area contributed by atoms with Gasteiger partial charge in [0.25, 0.3) is 5.91 Å². The number of halogens is 2. The summed E-state index contributed by atoms with van der Waals surface area (Å²) >= 11 is 3.22. The van der Waals surface area contributed by atoms with Gasteiger partial charge in [-0.2, -0.15) is 0 Å². The third kappa shape index (κ3) is 4.07. The summed E-state index contributed by atoms with van der Waals surface area (Å²) < 4.78 is 19.0. The highest BCUT2D eigenvalue weighted by Gasteiger charge is 2.19. The Bertz CT molecular complexity index is 646. The van der Waals surface area contributed by atoms with Gasteiger partial charge in [0.1, 0.15) is 11.6 Å². The number of carbonyl (C=O) groups excluding carboxylic acids is 1. The van der Waals surface area contributed by atoms with Gasteiger partial charge in [-0.15, -0.1) is 0 Å². The smallest absolute Gasteiger partial charge is 0.265 e. The van der Waals surface area contributed by atoms with Crippen LogP contribution in [-0.4, -0.2) is 18.6 Å². The number of nitrogens with zero attached hydrogens (tertiary/aromatic N) is 1. The van der Waals surface area contributed by atoms with Gasteiger partial charge in [0.15, 0.2) is 6.61 Å². The van der Waals surface area contributed by atoms with Gasteiger partial charge in [0, 0.05) is 11.7 Å². The summed E-state index contributed by atoms with van der Waals surface area (Å²) in [7, 11) is 0. The monoisotopic (exact) mass is 365 g/mol. The van der Waals surface area contributed by atoms with E-state index in [9.17, 15) is 9.18 Å². The zero-order chi connectivity index (χ0) is 16.1. The number of carbonyl (C=O) groups is 1. The number of hydrogen-bond acceptors (Lipinski definition) is 2. The fraction of sp³-hybridized carbons (Fsp3) is 0.235. The molecule has 2 aromatic carbocycles. The number of hydrogen-bond donors (Lipinski definition) is 0. The second kappa shape index (κ2) is 7.40. The first-order chi connectivity index (χ1) is 10.5. The molecule has 116 valence electrons.